The van der Waals surface area contributed by atoms with Crippen LogP contribution in [0.25, 0.3) is 10.9 Å². The van der Waals surface area contributed by atoms with Crippen LogP contribution in [0.3, 0.4) is 0 Å². The summed E-state index contributed by atoms with van der Waals surface area (Å²) in [6.07, 6.45) is -3.44. The largest absolute Gasteiger partial charge is 0.418 e. The average molecular weight is 457 g/mol. The summed E-state index contributed by atoms with van der Waals surface area (Å²) in [7, 11) is 0. The van der Waals surface area contributed by atoms with Crippen molar-refractivity contribution in [3.63, 3.8) is 0 Å². The van der Waals surface area contributed by atoms with Crippen molar-refractivity contribution in [2.45, 2.75) is 11.0 Å². The fraction of sp³-hybridized carbons (Fsp3) is 0.133. The summed E-state index contributed by atoms with van der Waals surface area (Å²) >= 11 is 18.3. The molecule has 12 heteroatoms. The Morgan fingerprint density at radius 1 is 1.30 bits per heavy atom. The lowest BCUT2D eigenvalue weighted by molar-refractivity contribution is -0.136. The van der Waals surface area contributed by atoms with E-state index in [0.717, 1.165) is 23.5 Å². The second kappa shape index (κ2) is 7.31. The summed E-state index contributed by atoms with van der Waals surface area (Å²) in [6, 6.07) is 3.04. The topological polar surface area (TPSA) is 74.8 Å². The maximum absolute atomic E-state index is 13.2. The Bertz CT molecular complexity index is 1100. The van der Waals surface area contributed by atoms with E-state index >= 15 is 0 Å². The lowest BCUT2D eigenvalue weighted by Gasteiger charge is -2.15. The van der Waals surface area contributed by atoms with Gasteiger partial charge in [-0.3, -0.25) is 14.9 Å². The molecule has 5 nitrogen and oxygen atoms in total. The van der Waals surface area contributed by atoms with Crippen LogP contribution in [-0.4, -0.2) is 15.9 Å². The molecule has 0 aliphatic carbocycles. The number of carbonyl (C=O) groups excluding carboxylic acids is 1. The highest BCUT2D eigenvalue weighted by atomic mass is 35.5. The van der Waals surface area contributed by atoms with E-state index < -0.39 is 39.0 Å². The van der Waals surface area contributed by atoms with Crippen LogP contribution < -0.4 is 10.7 Å². The number of thiazole rings is 1. The van der Waals surface area contributed by atoms with Crippen molar-refractivity contribution in [3.8, 4) is 0 Å². The predicted molar refractivity (Wildman–Crippen MR) is 99.1 cm³/mol. The molecule has 0 unspecified atom stereocenters. The zero-order chi connectivity index (χ0) is 19.9. The zero-order valence-electron chi connectivity index (χ0n) is 12.8. The number of carbonyl (C=O) groups is 1. The smallest absolute Gasteiger partial charge is 0.355 e. The third kappa shape index (κ3) is 3.91. The van der Waals surface area contributed by atoms with E-state index in [1.807, 2.05) is 0 Å². The minimum Gasteiger partial charge on any atom is -0.355 e. The Balaban J connectivity index is 2.23. The Morgan fingerprint density at radius 2 is 2.00 bits per heavy atom. The minimum absolute atomic E-state index is 0.0974. The molecule has 2 N–H and O–H groups in total. The molecular formula is C15H7Cl3F3N3O2S. The van der Waals surface area contributed by atoms with Crippen molar-refractivity contribution in [2.75, 3.05) is 5.32 Å². The molecule has 0 aliphatic rings. The Hall–Kier alpha value is -1.81. The van der Waals surface area contributed by atoms with Crippen molar-refractivity contribution in [1.82, 2.24) is 9.97 Å². The number of amides is 1. The molecule has 27 heavy (non-hydrogen) atoms. The predicted octanol–water partition coefficient (Wildman–Crippen LogP) is 5.39. The molecule has 1 aromatic carbocycles. The zero-order valence-corrected chi connectivity index (χ0v) is 15.9. The fourth-order valence-electron chi connectivity index (χ4n) is 2.43. The molecule has 2 heterocycles. The summed E-state index contributed by atoms with van der Waals surface area (Å²) in [5.74, 6) is -0.928. The van der Waals surface area contributed by atoms with Gasteiger partial charge < -0.3 is 4.98 Å². The highest BCUT2D eigenvalue weighted by molar-refractivity contribution is 7.19. The molecule has 0 bridgehead atoms. The number of pyridine rings is 1. The molecule has 3 aromatic rings. The maximum Gasteiger partial charge on any atom is 0.418 e. The highest BCUT2D eigenvalue weighted by Crippen LogP contribution is 2.35. The number of alkyl halides is 5. The van der Waals surface area contributed by atoms with Gasteiger partial charge in [0.25, 0.3) is 5.91 Å². The highest BCUT2D eigenvalue weighted by Gasteiger charge is 2.34. The number of hydrogen-bond donors (Lipinski definition) is 2. The number of nitrogens with one attached hydrogen (secondary N) is 2. The Morgan fingerprint density at radius 3 is 2.56 bits per heavy atom. The summed E-state index contributed by atoms with van der Waals surface area (Å²) in [6.45, 7) is 0. The van der Waals surface area contributed by atoms with Crippen molar-refractivity contribution in [3.05, 3.63) is 55.8 Å². The quantitative estimate of drug-likeness (QED) is 0.519. The molecule has 1 amide bonds. The molecule has 3 rings (SSSR count). The monoisotopic (exact) mass is 455 g/mol. The van der Waals surface area contributed by atoms with E-state index in [4.69, 9.17) is 34.8 Å². The van der Waals surface area contributed by atoms with Crippen molar-refractivity contribution in [1.29, 1.82) is 0 Å². The van der Waals surface area contributed by atoms with Gasteiger partial charge in [0.1, 0.15) is 14.7 Å². The third-order valence-corrected chi connectivity index (χ3v) is 4.98. The van der Waals surface area contributed by atoms with Crippen LogP contribution in [0, 0.1) is 0 Å². The van der Waals surface area contributed by atoms with Gasteiger partial charge in [0.05, 0.1) is 23.0 Å². The molecule has 0 radical (unpaired) electrons. The van der Waals surface area contributed by atoms with E-state index in [2.05, 4.69) is 15.3 Å². The number of aromatic nitrogens is 2. The van der Waals surface area contributed by atoms with Crippen molar-refractivity contribution in [2.24, 2.45) is 0 Å². The van der Waals surface area contributed by atoms with Gasteiger partial charge in [0, 0.05) is 5.39 Å². The summed E-state index contributed by atoms with van der Waals surface area (Å²) in [5.41, 5.74) is -3.40. The fourth-order valence-corrected chi connectivity index (χ4v) is 3.56. The maximum atomic E-state index is 13.2. The SMILES string of the molecule is O=C(Nc1ncc(Cl)s1)c1c(C(Cl)Cl)[nH]c2c(C(F)(F)F)cccc2c1=O. The van der Waals surface area contributed by atoms with Gasteiger partial charge in [-0.2, -0.15) is 13.2 Å². The molecule has 0 spiro atoms. The normalized spacial score (nSPS) is 12.0. The molecule has 0 saturated carbocycles. The van der Waals surface area contributed by atoms with Gasteiger partial charge >= 0.3 is 6.18 Å². The van der Waals surface area contributed by atoms with E-state index in [1.165, 1.54) is 12.3 Å². The van der Waals surface area contributed by atoms with Crippen LogP contribution >= 0.6 is 46.1 Å². The summed E-state index contributed by atoms with van der Waals surface area (Å²) < 4.78 is 40.0. The van der Waals surface area contributed by atoms with Crippen LogP contribution in [0.1, 0.15) is 26.5 Å². The van der Waals surface area contributed by atoms with Gasteiger partial charge in [-0.15, -0.1) is 0 Å². The Kier molecular flexibility index (Phi) is 5.40. The lowest BCUT2D eigenvalue weighted by atomic mass is 10.0. The second-order valence-corrected chi connectivity index (χ2v) is 7.95. The first-order valence-electron chi connectivity index (χ1n) is 7.06. The number of nitrogens with zero attached hydrogens (tertiary/aromatic N) is 1. The van der Waals surface area contributed by atoms with E-state index in [9.17, 15) is 22.8 Å². The molecule has 0 aliphatic heterocycles. The van der Waals surface area contributed by atoms with Crippen molar-refractivity contribution >= 4 is 68.1 Å². The van der Waals surface area contributed by atoms with Gasteiger partial charge in [-0.05, 0) is 12.1 Å². The number of para-hydroxylation sites is 1. The number of H-pyrrole nitrogens is 1. The first kappa shape index (κ1) is 19.9. The molecule has 142 valence electrons. The molecule has 2 aromatic heterocycles. The third-order valence-electron chi connectivity index (χ3n) is 3.51. The number of rotatable bonds is 3. The van der Waals surface area contributed by atoms with Gasteiger partial charge in [-0.1, -0.05) is 52.2 Å². The van der Waals surface area contributed by atoms with Crippen LogP contribution in [-0.2, 0) is 6.18 Å². The molecule has 0 atom stereocenters. The first-order chi connectivity index (χ1) is 12.6. The number of halogens is 6. The van der Waals surface area contributed by atoms with Gasteiger partial charge in [0.2, 0.25) is 5.43 Å². The Labute approximate surface area is 168 Å². The number of anilines is 1. The van der Waals surface area contributed by atoms with Gasteiger partial charge in [-0.25, -0.2) is 4.98 Å². The van der Waals surface area contributed by atoms with Gasteiger partial charge in [0.15, 0.2) is 5.13 Å². The molecule has 0 saturated heterocycles. The number of aromatic amines is 1. The summed E-state index contributed by atoms with van der Waals surface area (Å²) in [5, 5.41) is 2.12. The van der Waals surface area contributed by atoms with E-state index in [0.29, 0.717) is 4.34 Å². The van der Waals surface area contributed by atoms with E-state index in [1.54, 1.807) is 0 Å². The number of hydrogen-bond acceptors (Lipinski definition) is 4. The summed E-state index contributed by atoms with van der Waals surface area (Å²) in [4.78, 5) is 30.1. The van der Waals surface area contributed by atoms with Crippen LogP contribution in [0.5, 0.6) is 0 Å². The van der Waals surface area contributed by atoms with Crippen LogP contribution in [0.2, 0.25) is 4.34 Å². The molecule has 0 fully saturated rings. The number of fused-ring (bicyclic) bond motifs is 1. The number of benzene rings is 1. The average Bonchev–Trinajstić information content (AvgIpc) is 2.97. The van der Waals surface area contributed by atoms with Crippen LogP contribution in [0.4, 0.5) is 18.3 Å². The van der Waals surface area contributed by atoms with E-state index in [-0.39, 0.29) is 16.2 Å². The minimum atomic E-state index is -4.73. The van der Waals surface area contributed by atoms with Crippen LogP contribution in [0.15, 0.2) is 29.2 Å². The first-order valence-corrected chi connectivity index (χ1v) is 9.13. The lowest BCUT2D eigenvalue weighted by Crippen LogP contribution is -2.26. The van der Waals surface area contributed by atoms with Crippen molar-refractivity contribution < 1.29 is 18.0 Å². The molecular weight excluding hydrogens is 450 g/mol. The standard InChI is InChI=1S/C15H7Cl3F3N3O2S/c16-7-4-22-14(27-7)24-13(26)8-10(12(17)18)23-9-5(11(8)25)2-1-3-6(9)15(19,20)21/h1-4,12H,(H,23,25)(H,22,24,26). The second-order valence-electron chi connectivity index (χ2n) is 5.19.